The lowest BCUT2D eigenvalue weighted by molar-refractivity contribution is 0.219. The molecule has 2 heterocycles. The van der Waals surface area contributed by atoms with Crippen molar-refractivity contribution in [1.29, 1.82) is 0 Å². The Morgan fingerprint density at radius 2 is 2.12 bits per heavy atom. The molecule has 2 unspecified atom stereocenters. The Labute approximate surface area is 99.7 Å². The van der Waals surface area contributed by atoms with E-state index < -0.39 is 0 Å². The molecule has 1 saturated heterocycles. The molecule has 0 aliphatic carbocycles. The lowest BCUT2D eigenvalue weighted by Gasteiger charge is -2.14. The van der Waals surface area contributed by atoms with Gasteiger partial charge in [0.05, 0.1) is 12.6 Å². The van der Waals surface area contributed by atoms with E-state index in [0.29, 0.717) is 6.54 Å². The van der Waals surface area contributed by atoms with Gasteiger partial charge >= 0.3 is 0 Å². The second-order valence-electron chi connectivity index (χ2n) is 4.49. The molecule has 0 saturated carbocycles. The molecule has 2 aliphatic heterocycles. The first-order valence-corrected chi connectivity index (χ1v) is 6.03. The van der Waals surface area contributed by atoms with Crippen LogP contribution in [0.5, 0.6) is 0 Å². The third-order valence-electron chi connectivity index (χ3n) is 3.28. The zero-order valence-electron chi connectivity index (χ0n) is 9.53. The van der Waals surface area contributed by atoms with Gasteiger partial charge in [0, 0.05) is 0 Å². The van der Waals surface area contributed by atoms with Crippen LogP contribution in [0.4, 0.5) is 4.39 Å². The molecule has 1 N–H and O–H groups in total. The average molecular weight is 234 g/mol. The predicted octanol–water partition coefficient (Wildman–Crippen LogP) is 2.05. The number of aliphatic imine (C=N–C) groups is 1. The van der Waals surface area contributed by atoms with Gasteiger partial charge < -0.3 is 10.1 Å². The fraction of sp³-hybridized carbons (Fsp3) is 0.462. The van der Waals surface area contributed by atoms with E-state index in [2.05, 4.69) is 10.3 Å². The molecule has 2 aliphatic rings. The van der Waals surface area contributed by atoms with Crippen LogP contribution in [0.25, 0.3) is 0 Å². The summed E-state index contributed by atoms with van der Waals surface area (Å²) in [6.45, 7) is 1.67. The maximum absolute atomic E-state index is 12.8. The van der Waals surface area contributed by atoms with E-state index in [-0.39, 0.29) is 18.0 Å². The molecule has 90 valence electrons. The van der Waals surface area contributed by atoms with Crippen LogP contribution in [0.3, 0.4) is 0 Å². The molecule has 0 bridgehead atoms. The van der Waals surface area contributed by atoms with Crippen LogP contribution in [0.2, 0.25) is 0 Å². The van der Waals surface area contributed by atoms with Crippen LogP contribution >= 0.6 is 0 Å². The largest absolute Gasteiger partial charge is 0.470 e. The number of halogens is 1. The van der Waals surface area contributed by atoms with Gasteiger partial charge in [0.1, 0.15) is 11.9 Å². The Morgan fingerprint density at radius 3 is 2.82 bits per heavy atom. The molecule has 1 aromatic rings. The first-order valence-electron chi connectivity index (χ1n) is 6.03. The number of hydrogen-bond donors (Lipinski definition) is 1. The highest BCUT2D eigenvalue weighted by molar-refractivity contribution is 5.83. The highest BCUT2D eigenvalue weighted by Gasteiger charge is 2.29. The fourth-order valence-electron chi connectivity index (χ4n) is 2.33. The Kier molecular flexibility index (Phi) is 2.81. The van der Waals surface area contributed by atoms with Gasteiger partial charge in [-0.3, -0.25) is 0 Å². The van der Waals surface area contributed by atoms with Crippen molar-refractivity contribution in [2.75, 3.05) is 13.1 Å². The van der Waals surface area contributed by atoms with Crippen molar-refractivity contribution in [1.82, 2.24) is 5.32 Å². The third-order valence-corrected chi connectivity index (χ3v) is 3.28. The number of rotatable bonds is 2. The maximum Gasteiger partial charge on any atom is 0.201 e. The van der Waals surface area contributed by atoms with E-state index >= 15 is 0 Å². The van der Waals surface area contributed by atoms with E-state index in [1.807, 2.05) is 0 Å². The second kappa shape index (κ2) is 4.45. The summed E-state index contributed by atoms with van der Waals surface area (Å²) in [5.41, 5.74) is 0.989. The number of nitrogens with zero attached hydrogens (tertiary/aromatic N) is 1. The first kappa shape index (κ1) is 10.7. The van der Waals surface area contributed by atoms with Gasteiger partial charge in [-0.05, 0) is 37.1 Å². The van der Waals surface area contributed by atoms with Gasteiger partial charge in [0.15, 0.2) is 0 Å². The summed E-state index contributed by atoms with van der Waals surface area (Å²) in [6.07, 6.45) is 2.22. The van der Waals surface area contributed by atoms with Gasteiger partial charge in [-0.25, -0.2) is 9.38 Å². The standard InChI is InChI=1S/C13H15FN2O/c14-10-5-3-9(4-6-10)12-8-16-13(17-12)11-2-1-7-15-11/h3-6,11-12,15H,1-2,7-8H2. The van der Waals surface area contributed by atoms with E-state index in [1.165, 1.54) is 18.6 Å². The number of benzene rings is 1. The zero-order chi connectivity index (χ0) is 11.7. The minimum Gasteiger partial charge on any atom is -0.470 e. The maximum atomic E-state index is 12.8. The summed E-state index contributed by atoms with van der Waals surface area (Å²) in [5, 5.41) is 3.36. The summed E-state index contributed by atoms with van der Waals surface area (Å²) in [7, 11) is 0. The van der Waals surface area contributed by atoms with Gasteiger partial charge in [0.2, 0.25) is 5.90 Å². The van der Waals surface area contributed by atoms with Crippen LogP contribution < -0.4 is 5.32 Å². The lowest BCUT2D eigenvalue weighted by Crippen LogP contribution is -2.31. The Morgan fingerprint density at radius 1 is 1.29 bits per heavy atom. The zero-order valence-corrected chi connectivity index (χ0v) is 9.53. The van der Waals surface area contributed by atoms with Crippen molar-refractivity contribution in [3.63, 3.8) is 0 Å². The van der Waals surface area contributed by atoms with Crippen LogP contribution in [-0.2, 0) is 4.74 Å². The molecule has 17 heavy (non-hydrogen) atoms. The lowest BCUT2D eigenvalue weighted by atomic mass is 10.1. The molecule has 0 amide bonds. The highest BCUT2D eigenvalue weighted by Crippen LogP contribution is 2.25. The molecule has 2 atom stereocenters. The van der Waals surface area contributed by atoms with Crippen molar-refractivity contribution in [2.45, 2.75) is 25.0 Å². The van der Waals surface area contributed by atoms with Crippen molar-refractivity contribution in [3.05, 3.63) is 35.6 Å². The predicted molar refractivity (Wildman–Crippen MR) is 63.6 cm³/mol. The molecule has 3 rings (SSSR count). The number of nitrogens with one attached hydrogen (secondary N) is 1. The second-order valence-corrected chi connectivity index (χ2v) is 4.49. The third kappa shape index (κ3) is 2.17. The Hall–Kier alpha value is -1.42. The minimum atomic E-state index is -0.217. The molecule has 1 aromatic carbocycles. The monoisotopic (exact) mass is 234 g/mol. The normalized spacial score (nSPS) is 27.9. The van der Waals surface area contributed by atoms with Crippen molar-refractivity contribution < 1.29 is 9.13 Å². The summed E-state index contributed by atoms with van der Waals surface area (Å²) >= 11 is 0. The minimum absolute atomic E-state index is 0.0481. The SMILES string of the molecule is Fc1ccc(C2CN=C(C3CCCN3)O2)cc1. The van der Waals surface area contributed by atoms with Gasteiger partial charge in [0.25, 0.3) is 0 Å². The van der Waals surface area contributed by atoms with Crippen LogP contribution in [-0.4, -0.2) is 25.0 Å². The molecular formula is C13H15FN2O. The van der Waals surface area contributed by atoms with Crippen molar-refractivity contribution in [2.24, 2.45) is 4.99 Å². The summed E-state index contributed by atoms with van der Waals surface area (Å²) in [4.78, 5) is 4.44. The molecule has 3 nitrogen and oxygen atoms in total. The summed E-state index contributed by atoms with van der Waals surface area (Å²) < 4.78 is 18.7. The van der Waals surface area contributed by atoms with Crippen molar-refractivity contribution in [3.8, 4) is 0 Å². The van der Waals surface area contributed by atoms with Gasteiger partial charge in [-0.2, -0.15) is 0 Å². The molecule has 1 fully saturated rings. The smallest absolute Gasteiger partial charge is 0.201 e. The topological polar surface area (TPSA) is 33.6 Å². The molecule has 0 aromatic heterocycles. The molecule has 0 radical (unpaired) electrons. The van der Waals surface area contributed by atoms with Crippen LogP contribution in [0.1, 0.15) is 24.5 Å². The summed E-state index contributed by atoms with van der Waals surface area (Å²) in [5.74, 6) is 0.599. The van der Waals surface area contributed by atoms with E-state index in [0.717, 1.165) is 24.4 Å². The molecule has 0 spiro atoms. The highest BCUT2D eigenvalue weighted by atomic mass is 19.1. The van der Waals surface area contributed by atoms with E-state index in [4.69, 9.17) is 4.74 Å². The first-order chi connectivity index (χ1) is 8.33. The number of hydrogen-bond acceptors (Lipinski definition) is 3. The van der Waals surface area contributed by atoms with Crippen molar-refractivity contribution >= 4 is 5.90 Å². The van der Waals surface area contributed by atoms with E-state index in [9.17, 15) is 4.39 Å². The molecule has 4 heteroatoms. The van der Waals surface area contributed by atoms with Crippen LogP contribution in [0.15, 0.2) is 29.3 Å². The quantitative estimate of drug-likeness (QED) is 0.849. The summed E-state index contributed by atoms with van der Waals surface area (Å²) in [6, 6.07) is 6.73. The average Bonchev–Trinajstić information content (AvgIpc) is 3.00. The van der Waals surface area contributed by atoms with Gasteiger partial charge in [-0.1, -0.05) is 12.1 Å². The number of ether oxygens (including phenoxy) is 1. The van der Waals surface area contributed by atoms with E-state index in [1.54, 1.807) is 12.1 Å². The Balaban J connectivity index is 1.67. The fourth-order valence-corrected chi connectivity index (χ4v) is 2.33. The molecular weight excluding hydrogens is 219 g/mol. The van der Waals surface area contributed by atoms with Gasteiger partial charge in [-0.15, -0.1) is 0 Å². The van der Waals surface area contributed by atoms with Crippen LogP contribution in [0, 0.1) is 5.82 Å². The Bertz CT molecular complexity index is 424.